The maximum Gasteiger partial charge on any atom is 0.293 e. The van der Waals surface area contributed by atoms with Crippen LogP contribution in [0.2, 0.25) is 5.02 Å². The first-order chi connectivity index (χ1) is 11.1. The molecule has 0 spiro atoms. The molecule has 1 aromatic carbocycles. The van der Waals surface area contributed by atoms with E-state index in [0.29, 0.717) is 18.0 Å². The van der Waals surface area contributed by atoms with Crippen LogP contribution in [-0.2, 0) is 6.42 Å². The van der Waals surface area contributed by atoms with Gasteiger partial charge in [-0.05, 0) is 19.1 Å². The summed E-state index contributed by atoms with van der Waals surface area (Å²) in [6, 6.07) is 7.56. The van der Waals surface area contributed by atoms with Crippen molar-refractivity contribution >= 4 is 29.9 Å². The summed E-state index contributed by atoms with van der Waals surface area (Å²) >= 11 is 6.26. The lowest BCUT2D eigenvalue weighted by molar-refractivity contribution is 0.0643. The van der Waals surface area contributed by atoms with Crippen LogP contribution in [0, 0.1) is 0 Å². The first kappa shape index (κ1) is 18.7. The molecule has 2 heterocycles. The van der Waals surface area contributed by atoms with E-state index < -0.39 is 0 Å². The number of aromatic nitrogens is 3. The van der Waals surface area contributed by atoms with E-state index >= 15 is 0 Å². The third kappa shape index (κ3) is 3.55. The molecule has 0 radical (unpaired) electrons. The highest BCUT2D eigenvalue weighted by Crippen LogP contribution is 2.21. The molecule has 0 unspecified atom stereocenters. The van der Waals surface area contributed by atoms with Gasteiger partial charge in [0, 0.05) is 32.1 Å². The molecule has 24 heavy (non-hydrogen) atoms. The van der Waals surface area contributed by atoms with E-state index in [1.807, 2.05) is 36.9 Å². The Morgan fingerprint density at radius 2 is 2.17 bits per heavy atom. The molecule has 1 fully saturated rings. The zero-order valence-corrected chi connectivity index (χ0v) is 15.3. The molecular formula is C16H21Cl2N5O. The monoisotopic (exact) mass is 369 g/mol. The lowest BCUT2D eigenvalue weighted by atomic mass is 10.2. The van der Waals surface area contributed by atoms with Crippen LogP contribution in [0.1, 0.15) is 30.3 Å². The fraction of sp³-hybridized carbons (Fsp3) is 0.438. The topological polar surface area (TPSA) is 63.1 Å². The van der Waals surface area contributed by atoms with Gasteiger partial charge < -0.3 is 10.2 Å². The standard InChI is InChI=1S/C16H20ClN5O.ClH/c1-3-14-19-15(16(23)21-9-8-18-10-11(21)2)20-22(14)13-7-5-4-6-12(13)17;/h4-7,11,18H,3,8-10H2,1-2H3;1H/t11-;/m0./s1. The first-order valence-corrected chi connectivity index (χ1v) is 8.22. The number of piperazine rings is 1. The Hall–Kier alpha value is -1.63. The van der Waals surface area contributed by atoms with Crippen molar-refractivity contribution in [2.24, 2.45) is 0 Å². The summed E-state index contributed by atoms with van der Waals surface area (Å²) in [7, 11) is 0. The van der Waals surface area contributed by atoms with Crippen molar-refractivity contribution in [3.8, 4) is 5.69 Å². The van der Waals surface area contributed by atoms with Crippen molar-refractivity contribution < 1.29 is 4.79 Å². The number of aryl methyl sites for hydroxylation is 1. The van der Waals surface area contributed by atoms with Crippen LogP contribution in [0.25, 0.3) is 5.69 Å². The number of benzene rings is 1. The predicted molar refractivity (Wildman–Crippen MR) is 96.4 cm³/mol. The molecule has 1 aliphatic rings. The fourth-order valence-corrected chi connectivity index (χ4v) is 2.97. The highest BCUT2D eigenvalue weighted by molar-refractivity contribution is 6.32. The molecule has 1 aromatic heterocycles. The average Bonchev–Trinajstić information content (AvgIpc) is 2.99. The Morgan fingerprint density at radius 1 is 1.42 bits per heavy atom. The number of carbonyl (C=O) groups is 1. The number of halogens is 2. The summed E-state index contributed by atoms with van der Waals surface area (Å²) in [4.78, 5) is 19.0. The van der Waals surface area contributed by atoms with Crippen LogP contribution >= 0.6 is 24.0 Å². The molecule has 130 valence electrons. The van der Waals surface area contributed by atoms with Gasteiger partial charge >= 0.3 is 0 Å². The van der Waals surface area contributed by atoms with E-state index in [2.05, 4.69) is 15.4 Å². The van der Waals surface area contributed by atoms with Crippen LogP contribution in [0.15, 0.2) is 24.3 Å². The van der Waals surface area contributed by atoms with Crippen molar-refractivity contribution in [2.45, 2.75) is 26.3 Å². The second-order valence-corrected chi connectivity index (χ2v) is 6.03. The molecular weight excluding hydrogens is 349 g/mol. The first-order valence-electron chi connectivity index (χ1n) is 7.84. The van der Waals surface area contributed by atoms with Crippen LogP contribution in [0.3, 0.4) is 0 Å². The van der Waals surface area contributed by atoms with Gasteiger partial charge in [-0.3, -0.25) is 4.79 Å². The minimum absolute atomic E-state index is 0. The second-order valence-electron chi connectivity index (χ2n) is 5.62. The number of amides is 1. The van der Waals surface area contributed by atoms with Crippen molar-refractivity contribution in [2.75, 3.05) is 19.6 Å². The van der Waals surface area contributed by atoms with Crippen LogP contribution in [-0.4, -0.2) is 51.2 Å². The van der Waals surface area contributed by atoms with Crippen molar-refractivity contribution in [3.05, 3.63) is 40.9 Å². The van der Waals surface area contributed by atoms with Gasteiger partial charge in [-0.2, -0.15) is 0 Å². The molecule has 0 bridgehead atoms. The summed E-state index contributed by atoms with van der Waals surface area (Å²) in [6.07, 6.45) is 0.669. The largest absolute Gasteiger partial charge is 0.331 e. The van der Waals surface area contributed by atoms with Crippen LogP contribution < -0.4 is 5.32 Å². The van der Waals surface area contributed by atoms with Crippen LogP contribution in [0.5, 0.6) is 0 Å². The highest BCUT2D eigenvalue weighted by atomic mass is 35.5. The summed E-state index contributed by atoms with van der Waals surface area (Å²) in [5.74, 6) is 0.833. The number of para-hydroxylation sites is 1. The van der Waals surface area contributed by atoms with Gasteiger partial charge in [0.2, 0.25) is 5.82 Å². The zero-order chi connectivity index (χ0) is 16.4. The molecule has 2 aromatic rings. The average molecular weight is 370 g/mol. The quantitative estimate of drug-likeness (QED) is 0.901. The Bertz CT molecular complexity index is 718. The van der Waals surface area contributed by atoms with Gasteiger partial charge in [0.05, 0.1) is 10.7 Å². The molecule has 1 aliphatic heterocycles. The molecule has 0 aliphatic carbocycles. The predicted octanol–water partition coefficient (Wildman–Crippen LogP) is 2.34. The number of hydrogen-bond acceptors (Lipinski definition) is 4. The van der Waals surface area contributed by atoms with Crippen molar-refractivity contribution in [1.82, 2.24) is 25.0 Å². The Morgan fingerprint density at radius 3 is 2.83 bits per heavy atom. The lowest BCUT2D eigenvalue weighted by Crippen LogP contribution is -2.52. The minimum atomic E-state index is -0.125. The van der Waals surface area contributed by atoms with Gasteiger partial charge in [0.25, 0.3) is 5.91 Å². The number of hydrogen-bond donors (Lipinski definition) is 1. The summed E-state index contributed by atoms with van der Waals surface area (Å²) < 4.78 is 1.67. The van der Waals surface area contributed by atoms with E-state index in [1.54, 1.807) is 10.7 Å². The van der Waals surface area contributed by atoms with E-state index in [4.69, 9.17) is 11.6 Å². The van der Waals surface area contributed by atoms with E-state index in [0.717, 1.165) is 24.6 Å². The molecule has 8 heteroatoms. The molecule has 6 nitrogen and oxygen atoms in total. The van der Waals surface area contributed by atoms with E-state index in [-0.39, 0.29) is 30.2 Å². The Balaban J connectivity index is 0.00000208. The maximum absolute atomic E-state index is 12.7. The molecule has 1 amide bonds. The third-order valence-electron chi connectivity index (χ3n) is 4.02. The fourth-order valence-electron chi connectivity index (χ4n) is 2.75. The van der Waals surface area contributed by atoms with E-state index in [9.17, 15) is 4.79 Å². The summed E-state index contributed by atoms with van der Waals surface area (Å²) in [6.45, 7) is 6.26. The normalized spacial score (nSPS) is 17.5. The summed E-state index contributed by atoms with van der Waals surface area (Å²) in [5, 5.41) is 8.29. The minimum Gasteiger partial charge on any atom is -0.331 e. The van der Waals surface area contributed by atoms with Gasteiger partial charge in [0.1, 0.15) is 5.82 Å². The number of nitrogens with zero attached hydrogens (tertiary/aromatic N) is 4. The molecule has 3 rings (SSSR count). The third-order valence-corrected chi connectivity index (χ3v) is 4.34. The Labute approximate surface area is 152 Å². The smallest absolute Gasteiger partial charge is 0.293 e. The molecule has 0 saturated carbocycles. The highest BCUT2D eigenvalue weighted by Gasteiger charge is 2.28. The van der Waals surface area contributed by atoms with Gasteiger partial charge in [-0.15, -0.1) is 17.5 Å². The van der Waals surface area contributed by atoms with Crippen molar-refractivity contribution in [1.29, 1.82) is 0 Å². The molecule has 1 saturated heterocycles. The van der Waals surface area contributed by atoms with Gasteiger partial charge in [0.15, 0.2) is 0 Å². The van der Waals surface area contributed by atoms with Crippen molar-refractivity contribution in [3.63, 3.8) is 0 Å². The second kappa shape index (κ2) is 7.96. The SMILES string of the molecule is CCc1nc(C(=O)N2CCNC[C@@H]2C)nn1-c1ccccc1Cl.Cl. The summed E-state index contributed by atoms with van der Waals surface area (Å²) in [5.41, 5.74) is 0.742. The zero-order valence-electron chi connectivity index (χ0n) is 13.7. The maximum atomic E-state index is 12.7. The Kier molecular flexibility index (Phi) is 6.21. The number of rotatable bonds is 3. The van der Waals surface area contributed by atoms with E-state index in [1.165, 1.54) is 0 Å². The number of nitrogens with one attached hydrogen (secondary N) is 1. The lowest BCUT2D eigenvalue weighted by Gasteiger charge is -2.33. The van der Waals surface area contributed by atoms with Crippen LogP contribution in [0.4, 0.5) is 0 Å². The van der Waals surface area contributed by atoms with Gasteiger partial charge in [-0.25, -0.2) is 9.67 Å². The molecule has 1 atom stereocenters. The number of carbonyl (C=O) groups excluding carboxylic acids is 1. The van der Waals surface area contributed by atoms with Gasteiger partial charge in [-0.1, -0.05) is 30.7 Å². The molecule has 1 N–H and O–H groups in total.